The van der Waals surface area contributed by atoms with Crippen LogP contribution in [-0.2, 0) is 14.9 Å². The Morgan fingerprint density at radius 1 is 1.32 bits per heavy atom. The summed E-state index contributed by atoms with van der Waals surface area (Å²) in [5.41, 5.74) is -0.640. The van der Waals surface area contributed by atoms with Crippen molar-refractivity contribution in [1.82, 2.24) is 9.66 Å². The molecule has 2 aromatic carbocycles. The van der Waals surface area contributed by atoms with Crippen molar-refractivity contribution in [3.63, 3.8) is 0 Å². The van der Waals surface area contributed by atoms with E-state index in [2.05, 4.69) is 30.8 Å². The Morgan fingerprint density at radius 3 is 2.65 bits per heavy atom. The highest BCUT2D eigenvalue weighted by molar-refractivity contribution is 9.10. The lowest BCUT2D eigenvalue weighted by Crippen LogP contribution is -2.29. The lowest BCUT2D eigenvalue weighted by molar-refractivity contribution is -0.385. The molecule has 0 unspecified atom stereocenters. The smallest absolute Gasteiger partial charge is 0.343 e. The number of methoxy groups -OCH3 is 1. The van der Waals surface area contributed by atoms with Crippen LogP contribution in [0.25, 0.3) is 10.9 Å². The van der Waals surface area contributed by atoms with Gasteiger partial charge in [-0.25, -0.2) is 9.78 Å². The Kier molecular flexibility index (Phi) is 7.37. The van der Waals surface area contributed by atoms with Crippen LogP contribution in [0.5, 0.6) is 5.75 Å². The van der Waals surface area contributed by atoms with E-state index < -0.39 is 34.2 Å². The SMILES string of the molecule is COC(=O)COc1c(Cl)cc(C=Nn2c(C(C)(C)C)nc3ccc(Br)cc3c2=O)cc1[N+](=O)[O-]. The minimum absolute atomic E-state index is 0.108. The first-order valence-corrected chi connectivity index (χ1v) is 11.0. The zero-order valence-electron chi connectivity index (χ0n) is 18.7. The van der Waals surface area contributed by atoms with Gasteiger partial charge in [-0.15, -0.1) is 0 Å². The summed E-state index contributed by atoms with van der Waals surface area (Å²) >= 11 is 9.54. The number of benzene rings is 2. The van der Waals surface area contributed by atoms with Gasteiger partial charge >= 0.3 is 11.7 Å². The number of fused-ring (bicyclic) bond motifs is 1. The van der Waals surface area contributed by atoms with E-state index in [-0.39, 0.29) is 16.3 Å². The lowest BCUT2D eigenvalue weighted by atomic mass is 9.95. The fourth-order valence-electron chi connectivity index (χ4n) is 3.01. The molecular weight excluding hydrogens is 532 g/mol. The van der Waals surface area contributed by atoms with Gasteiger partial charge in [0.2, 0.25) is 5.75 Å². The highest BCUT2D eigenvalue weighted by atomic mass is 79.9. The van der Waals surface area contributed by atoms with E-state index in [0.29, 0.717) is 21.2 Å². The zero-order chi connectivity index (χ0) is 25.2. The maximum absolute atomic E-state index is 13.2. The number of ether oxygens (including phenoxy) is 2. The standard InChI is InChI=1S/C22H20BrClN4O6/c1-22(2,3)21-26-16-6-5-13(23)9-14(16)20(30)27(21)25-10-12-7-15(24)19(17(8-12)28(31)32)34-11-18(29)33-4/h5-10H,11H2,1-4H3. The van der Waals surface area contributed by atoms with E-state index in [4.69, 9.17) is 16.3 Å². The average molecular weight is 552 g/mol. The molecule has 0 radical (unpaired) electrons. The predicted octanol–water partition coefficient (Wildman–Crippen LogP) is 4.45. The number of rotatable bonds is 6. The van der Waals surface area contributed by atoms with Crippen molar-refractivity contribution in [2.75, 3.05) is 13.7 Å². The average Bonchev–Trinajstić information content (AvgIpc) is 2.76. The van der Waals surface area contributed by atoms with E-state index in [1.165, 1.54) is 18.3 Å². The molecule has 0 spiro atoms. The maximum atomic E-state index is 13.2. The number of halogens is 2. The number of nitro benzene ring substituents is 1. The third kappa shape index (κ3) is 5.42. The molecule has 3 aromatic rings. The van der Waals surface area contributed by atoms with Crippen LogP contribution in [0.3, 0.4) is 0 Å². The van der Waals surface area contributed by atoms with Crippen molar-refractivity contribution < 1.29 is 19.2 Å². The number of carbonyl (C=O) groups is 1. The predicted molar refractivity (Wildman–Crippen MR) is 131 cm³/mol. The Hall–Kier alpha value is -3.31. The molecule has 0 aliphatic carbocycles. The monoisotopic (exact) mass is 550 g/mol. The number of nitrogens with zero attached hydrogens (tertiary/aromatic N) is 4. The number of nitro groups is 1. The van der Waals surface area contributed by atoms with Crippen molar-refractivity contribution in [1.29, 1.82) is 0 Å². The van der Waals surface area contributed by atoms with Gasteiger partial charge in [0.05, 0.1) is 34.2 Å². The van der Waals surface area contributed by atoms with Crippen LogP contribution in [0.15, 0.2) is 44.7 Å². The third-order valence-electron chi connectivity index (χ3n) is 4.61. The van der Waals surface area contributed by atoms with Crippen LogP contribution < -0.4 is 10.3 Å². The molecule has 1 heterocycles. The summed E-state index contributed by atoms with van der Waals surface area (Å²) in [4.78, 5) is 40.1. The van der Waals surface area contributed by atoms with Crippen molar-refractivity contribution in [3.8, 4) is 5.75 Å². The first kappa shape index (κ1) is 25.3. The van der Waals surface area contributed by atoms with E-state index in [1.807, 2.05) is 20.8 Å². The van der Waals surface area contributed by atoms with Gasteiger partial charge in [-0.2, -0.15) is 9.78 Å². The highest BCUT2D eigenvalue weighted by Gasteiger charge is 2.24. The molecule has 10 nitrogen and oxygen atoms in total. The quantitative estimate of drug-likeness (QED) is 0.192. The van der Waals surface area contributed by atoms with Gasteiger partial charge in [0.15, 0.2) is 6.61 Å². The molecule has 0 fully saturated rings. The van der Waals surface area contributed by atoms with Gasteiger partial charge < -0.3 is 9.47 Å². The highest BCUT2D eigenvalue weighted by Crippen LogP contribution is 2.36. The molecule has 0 aliphatic heterocycles. The molecule has 34 heavy (non-hydrogen) atoms. The summed E-state index contributed by atoms with van der Waals surface area (Å²) in [6.07, 6.45) is 1.27. The Bertz CT molecular complexity index is 1380. The van der Waals surface area contributed by atoms with E-state index >= 15 is 0 Å². The number of esters is 1. The van der Waals surface area contributed by atoms with Crippen molar-refractivity contribution in [3.05, 3.63) is 71.7 Å². The summed E-state index contributed by atoms with van der Waals surface area (Å²) in [5.74, 6) is -0.596. The minimum Gasteiger partial charge on any atom is -0.474 e. The second-order valence-corrected chi connectivity index (χ2v) is 9.50. The van der Waals surface area contributed by atoms with Gasteiger partial charge in [0.25, 0.3) is 5.56 Å². The number of aromatic nitrogens is 2. The third-order valence-corrected chi connectivity index (χ3v) is 5.38. The fraction of sp³-hybridized carbons (Fsp3) is 0.273. The van der Waals surface area contributed by atoms with Crippen LogP contribution in [0.1, 0.15) is 32.2 Å². The summed E-state index contributed by atoms with van der Waals surface area (Å²) in [5, 5.41) is 16.1. The van der Waals surface area contributed by atoms with E-state index in [9.17, 15) is 19.7 Å². The normalized spacial score (nSPS) is 11.7. The van der Waals surface area contributed by atoms with Crippen molar-refractivity contribution >= 4 is 56.3 Å². The van der Waals surface area contributed by atoms with E-state index in [1.54, 1.807) is 18.2 Å². The van der Waals surface area contributed by atoms with E-state index in [0.717, 1.165) is 11.8 Å². The molecular formula is C22H20BrClN4O6. The summed E-state index contributed by atoms with van der Waals surface area (Å²) in [6, 6.07) is 7.73. The second kappa shape index (κ2) is 9.90. The molecule has 12 heteroatoms. The maximum Gasteiger partial charge on any atom is 0.343 e. The van der Waals surface area contributed by atoms with Crippen LogP contribution in [0.2, 0.25) is 5.02 Å². The van der Waals surface area contributed by atoms with Crippen molar-refractivity contribution in [2.45, 2.75) is 26.2 Å². The Balaban J connectivity index is 2.12. The van der Waals surface area contributed by atoms with Gasteiger partial charge in [-0.05, 0) is 24.3 Å². The second-order valence-electron chi connectivity index (χ2n) is 8.18. The largest absolute Gasteiger partial charge is 0.474 e. The molecule has 0 atom stereocenters. The van der Waals surface area contributed by atoms with Gasteiger partial charge in [-0.1, -0.05) is 48.3 Å². The molecule has 1 aromatic heterocycles. The molecule has 0 amide bonds. The lowest BCUT2D eigenvalue weighted by Gasteiger charge is -2.20. The van der Waals surface area contributed by atoms with Gasteiger partial charge in [0.1, 0.15) is 5.82 Å². The van der Waals surface area contributed by atoms with Crippen LogP contribution in [0.4, 0.5) is 5.69 Å². The molecule has 0 aliphatic rings. The minimum atomic E-state index is -0.722. The summed E-state index contributed by atoms with van der Waals surface area (Å²) in [7, 11) is 1.16. The molecule has 178 valence electrons. The van der Waals surface area contributed by atoms with Crippen LogP contribution in [-0.4, -0.2) is 40.5 Å². The molecule has 3 rings (SSSR count). The number of hydrogen-bond donors (Lipinski definition) is 0. The van der Waals surface area contributed by atoms with Gasteiger partial charge in [-0.3, -0.25) is 14.9 Å². The van der Waals surface area contributed by atoms with Gasteiger partial charge in [0, 0.05) is 21.5 Å². The number of carbonyl (C=O) groups excluding carboxylic acids is 1. The fourth-order valence-corrected chi connectivity index (χ4v) is 3.65. The van der Waals surface area contributed by atoms with Crippen LogP contribution in [0, 0.1) is 10.1 Å². The molecule has 0 N–H and O–H groups in total. The molecule has 0 bridgehead atoms. The first-order chi connectivity index (χ1) is 15.9. The molecule has 0 saturated heterocycles. The molecule has 0 saturated carbocycles. The summed E-state index contributed by atoms with van der Waals surface area (Å²) in [6.45, 7) is 5.12. The summed E-state index contributed by atoms with van der Waals surface area (Å²) < 4.78 is 11.5. The topological polar surface area (TPSA) is 126 Å². The van der Waals surface area contributed by atoms with Crippen molar-refractivity contribution in [2.24, 2.45) is 5.10 Å². The Morgan fingerprint density at radius 2 is 2.03 bits per heavy atom. The Labute approximate surface area is 207 Å². The van der Waals surface area contributed by atoms with Crippen LogP contribution >= 0.6 is 27.5 Å². The first-order valence-electron chi connectivity index (χ1n) is 9.87. The number of hydrogen-bond acceptors (Lipinski definition) is 8. The zero-order valence-corrected chi connectivity index (χ0v) is 21.0.